The van der Waals surface area contributed by atoms with Gasteiger partial charge in [0.25, 0.3) is 5.91 Å². The number of fused-ring (bicyclic) bond motifs is 1. The Morgan fingerprint density at radius 3 is 2.63 bits per heavy atom. The molecule has 2 unspecified atom stereocenters. The number of rotatable bonds is 5. The van der Waals surface area contributed by atoms with Crippen LogP contribution < -0.4 is 16.0 Å². The molecule has 0 radical (unpaired) electrons. The van der Waals surface area contributed by atoms with Crippen molar-refractivity contribution in [2.75, 3.05) is 37.6 Å². The predicted octanol–water partition coefficient (Wildman–Crippen LogP) is 2.24. The minimum Gasteiger partial charge on any atom is -0.364 e. The Labute approximate surface area is 212 Å². The lowest BCUT2D eigenvalue weighted by Gasteiger charge is -2.36. The molecule has 2 atom stereocenters. The molecule has 35 heavy (non-hydrogen) atoms. The highest BCUT2D eigenvalue weighted by Crippen LogP contribution is 2.31. The number of carbonyl (C=O) groups excluding carboxylic acids is 2. The van der Waals surface area contributed by atoms with Crippen molar-refractivity contribution in [3.63, 3.8) is 0 Å². The molecule has 0 spiro atoms. The third-order valence-corrected chi connectivity index (χ3v) is 7.24. The molecular weight excluding hydrogens is 491 g/mol. The fraction of sp³-hybridized carbons (Fsp3) is 0.435. The Morgan fingerprint density at radius 1 is 1.20 bits per heavy atom. The maximum Gasteiger partial charge on any atom is 0.271 e. The van der Waals surface area contributed by atoms with Gasteiger partial charge in [0, 0.05) is 36.2 Å². The van der Waals surface area contributed by atoms with Gasteiger partial charge in [-0.2, -0.15) is 5.10 Å². The van der Waals surface area contributed by atoms with Gasteiger partial charge < -0.3 is 20.9 Å². The van der Waals surface area contributed by atoms with Crippen molar-refractivity contribution < 1.29 is 9.59 Å². The minimum atomic E-state index is -0.683. The zero-order valence-corrected chi connectivity index (χ0v) is 20.8. The summed E-state index contributed by atoms with van der Waals surface area (Å²) >= 11 is 12.5. The summed E-state index contributed by atoms with van der Waals surface area (Å²) in [5.41, 5.74) is 7.17. The zero-order chi connectivity index (χ0) is 24.7. The molecule has 10 nitrogen and oxygen atoms in total. The number of aromatic nitrogens is 4. The summed E-state index contributed by atoms with van der Waals surface area (Å²) in [5, 5.41) is 8.72. The fourth-order valence-corrected chi connectivity index (χ4v) is 5.30. The SMILES string of the molecule is CC(c1ccc(Cl)cc1Cl)n1nc(C(N)=O)c2ncc(N3CCN(C(=O)C4CCCN4)CC3)nc21. The smallest absolute Gasteiger partial charge is 0.271 e. The molecule has 1 aromatic carbocycles. The molecule has 2 aliphatic rings. The number of primary amides is 1. The summed E-state index contributed by atoms with van der Waals surface area (Å²) in [7, 11) is 0. The van der Waals surface area contributed by atoms with Gasteiger partial charge >= 0.3 is 0 Å². The van der Waals surface area contributed by atoms with Crippen molar-refractivity contribution in [3.8, 4) is 0 Å². The van der Waals surface area contributed by atoms with Gasteiger partial charge in [0.05, 0.1) is 18.3 Å². The van der Waals surface area contributed by atoms with Gasteiger partial charge in [-0.25, -0.2) is 14.6 Å². The number of nitrogens with one attached hydrogen (secondary N) is 1. The first-order valence-corrected chi connectivity index (χ1v) is 12.4. The van der Waals surface area contributed by atoms with Gasteiger partial charge in [0.1, 0.15) is 11.3 Å². The average Bonchev–Trinajstić information content (AvgIpc) is 3.51. The van der Waals surface area contributed by atoms with Crippen molar-refractivity contribution in [3.05, 3.63) is 45.7 Å². The van der Waals surface area contributed by atoms with Crippen LogP contribution in [0.1, 0.15) is 41.9 Å². The second kappa shape index (κ2) is 9.60. The molecule has 184 valence electrons. The lowest BCUT2D eigenvalue weighted by atomic mass is 10.1. The second-order valence-corrected chi connectivity index (χ2v) is 9.70. The van der Waals surface area contributed by atoms with Crippen LogP contribution in [0.15, 0.2) is 24.4 Å². The highest BCUT2D eigenvalue weighted by atomic mass is 35.5. The van der Waals surface area contributed by atoms with Crippen LogP contribution in [0.3, 0.4) is 0 Å². The summed E-state index contributed by atoms with van der Waals surface area (Å²) in [6, 6.07) is 4.81. The third-order valence-electron chi connectivity index (χ3n) is 6.68. The van der Waals surface area contributed by atoms with E-state index in [1.165, 1.54) is 0 Å². The predicted molar refractivity (Wildman–Crippen MR) is 134 cm³/mol. The van der Waals surface area contributed by atoms with E-state index >= 15 is 0 Å². The summed E-state index contributed by atoms with van der Waals surface area (Å²) in [6.45, 7) is 5.29. The highest BCUT2D eigenvalue weighted by Gasteiger charge is 2.30. The van der Waals surface area contributed by atoms with Gasteiger partial charge in [-0.05, 0) is 44.0 Å². The Hall–Kier alpha value is -2.95. The quantitative estimate of drug-likeness (QED) is 0.532. The van der Waals surface area contributed by atoms with Crippen molar-refractivity contribution in [2.24, 2.45) is 5.73 Å². The van der Waals surface area contributed by atoms with Crippen LogP contribution in [0.2, 0.25) is 10.0 Å². The van der Waals surface area contributed by atoms with Crippen LogP contribution in [-0.4, -0.2) is 75.2 Å². The lowest BCUT2D eigenvalue weighted by molar-refractivity contribution is -0.133. The van der Waals surface area contributed by atoms with Crippen LogP contribution in [0.4, 0.5) is 5.82 Å². The first-order valence-electron chi connectivity index (χ1n) is 11.6. The molecule has 2 aromatic heterocycles. The minimum absolute atomic E-state index is 0.0514. The maximum absolute atomic E-state index is 12.7. The second-order valence-electron chi connectivity index (χ2n) is 8.86. The zero-order valence-electron chi connectivity index (χ0n) is 19.2. The molecule has 0 bridgehead atoms. The van der Waals surface area contributed by atoms with E-state index in [1.807, 2.05) is 17.9 Å². The van der Waals surface area contributed by atoms with E-state index in [9.17, 15) is 9.59 Å². The molecule has 4 heterocycles. The number of carbonyl (C=O) groups is 2. The number of benzene rings is 1. The molecule has 2 amide bonds. The van der Waals surface area contributed by atoms with E-state index in [4.69, 9.17) is 33.9 Å². The summed E-state index contributed by atoms with van der Waals surface area (Å²) < 4.78 is 1.62. The summed E-state index contributed by atoms with van der Waals surface area (Å²) in [4.78, 5) is 38.1. The molecule has 2 fully saturated rings. The van der Waals surface area contributed by atoms with Crippen molar-refractivity contribution in [1.29, 1.82) is 0 Å². The number of anilines is 1. The fourth-order valence-electron chi connectivity index (χ4n) is 4.73. The van der Waals surface area contributed by atoms with Crippen LogP contribution in [-0.2, 0) is 4.79 Å². The molecule has 2 saturated heterocycles. The topological polar surface area (TPSA) is 122 Å². The van der Waals surface area contributed by atoms with E-state index in [0.717, 1.165) is 24.9 Å². The van der Waals surface area contributed by atoms with E-state index < -0.39 is 5.91 Å². The normalized spacial score (nSPS) is 19.3. The average molecular weight is 517 g/mol. The Kier molecular flexibility index (Phi) is 6.52. The molecule has 3 N–H and O–H groups in total. The van der Waals surface area contributed by atoms with E-state index in [-0.39, 0.29) is 23.7 Å². The molecule has 0 saturated carbocycles. The lowest BCUT2D eigenvalue weighted by Crippen LogP contribution is -2.53. The molecule has 2 aliphatic heterocycles. The van der Waals surface area contributed by atoms with Crippen LogP contribution in [0.25, 0.3) is 11.2 Å². The number of nitrogens with two attached hydrogens (primary N) is 1. The first kappa shape index (κ1) is 23.8. The first-order chi connectivity index (χ1) is 16.8. The van der Waals surface area contributed by atoms with Crippen LogP contribution in [0.5, 0.6) is 0 Å². The van der Waals surface area contributed by atoms with Crippen molar-refractivity contribution in [1.82, 2.24) is 30.0 Å². The number of piperazine rings is 1. The Morgan fingerprint density at radius 2 is 1.97 bits per heavy atom. The Bertz CT molecular complexity index is 1280. The van der Waals surface area contributed by atoms with Gasteiger partial charge in [-0.3, -0.25) is 9.59 Å². The van der Waals surface area contributed by atoms with Gasteiger partial charge in [-0.1, -0.05) is 29.3 Å². The monoisotopic (exact) mass is 516 g/mol. The molecule has 0 aliphatic carbocycles. The summed E-state index contributed by atoms with van der Waals surface area (Å²) in [6.07, 6.45) is 3.55. The number of halogens is 2. The largest absolute Gasteiger partial charge is 0.364 e. The van der Waals surface area contributed by atoms with Gasteiger partial charge in [0.2, 0.25) is 5.91 Å². The summed E-state index contributed by atoms with van der Waals surface area (Å²) in [5.74, 6) is 0.134. The standard InChI is InChI=1S/C23H26Cl2N8O2/c1-13(15-5-4-14(24)11-16(15)25)33-22-20(19(30-33)21(26)34)28-12-18(29-22)31-7-9-32(10-8-31)23(35)17-3-2-6-27-17/h4-5,11-13,17,27H,2-3,6-10H2,1H3,(H2,26,34). The van der Waals surface area contributed by atoms with Crippen LogP contribution >= 0.6 is 23.2 Å². The number of hydrogen-bond acceptors (Lipinski definition) is 7. The Balaban J connectivity index is 1.43. The third kappa shape index (κ3) is 4.53. The van der Waals surface area contributed by atoms with E-state index in [0.29, 0.717) is 53.2 Å². The highest BCUT2D eigenvalue weighted by molar-refractivity contribution is 6.35. The molecular formula is C23H26Cl2N8O2. The molecule has 3 aromatic rings. The van der Waals surface area contributed by atoms with Crippen LogP contribution in [0, 0.1) is 0 Å². The van der Waals surface area contributed by atoms with Crippen molar-refractivity contribution in [2.45, 2.75) is 31.8 Å². The molecule has 5 rings (SSSR count). The van der Waals surface area contributed by atoms with E-state index in [2.05, 4.69) is 20.3 Å². The van der Waals surface area contributed by atoms with Crippen molar-refractivity contribution >= 4 is 52.0 Å². The maximum atomic E-state index is 12.7. The number of amides is 2. The van der Waals surface area contributed by atoms with E-state index in [1.54, 1.807) is 23.0 Å². The number of hydrogen-bond donors (Lipinski definition) is 2. The number of nitrogens with zero attached hydrogens (tertiary/aromatic N) is 6. The molecule has 12 heteroatoms. The van der Waals surface area contributed by atoms with Gasteiger partial charge in [-0.15, -0.1) is 0 Å². The van der Waals surface area contributed by atoms with Gasteiger partial charge in [0.15, 0.2) is 11.3 Å².